The molecule has 5 heteroatoms. The molecule has 0 aliphatic carbocycles. The SMILES string of the molecule is CCCCC/C=C\C[C@H](C=O)[C@@H](/C=C/[C@H](O)CCCC(=O)O)C(C)=O. The van der Waals surface area contributed by atoms with Gasteiger partial charge in [-0.05, 0) is 39.0 Å². The third-order valence-electron chi connectivity index (χ3n) is 4.09. The Balaban J connectivity index is 4.55. The molecule has 0 aromatic carbocycles. The molecule has 0 fully saturated rings. The summed E-state index contributed by atoms with van der Waals surface area (Å²) in [5.41, 5.74) is 0. The van der Waals surface area contributed by atoms with Gasteiger partial charge < -0.3 is 15.0 Å². The zero-order valence-electron chi connectivity index (χ0n) is 15.4. The van der Waals surface area contributed by atoms with E-state index in [0.29, 0.717) is 19.3 Å². The molecule has 0 rings (SSSR count). The second-order valence-electron chi connectivity index (χ2n) is 6.38. The average Bonchev–Trinajstić information content (AvgIpc) is 2.55. The fraction of sp³-hybridized carbons (Fsp3) is 0.650. The normalized spacial score (nSPS) is 15.3. The molecule has 0 saturated heterocycles. The number of ketones is 1. The van der Waals surface area contributed by atoms with Gasteiger partial charge >= 0.3 is 5.97 Å². The molecular weight excluding hydrogens is 320 g/mol. The summed E-state index contributed by atoms with van der Waals surface area (Å²) in [6.45, 7) is 3.58. The number of carboxylic acid groups (broad SMARTS) is 1. The summed E-state index contributed by atoms with van der Waals surface area (Å²) in [6, 6.07) is 0. The molecule has 0 aliphatic heterocycles. The van der Waals surface area contributed by atoms with E-state index in [0.717, 1.165) is 25.5 Å². The number of allylic oxidation sites excluding steroid dienone is 3. The molecule has 0 heterocycles. The van der Waals surface area contributed by atoms with Crippen molar-refractivity contribution in [3.05, 3.63) is 24.3 Å². The Bertz CT molecular complexity index is 453. The number of aliphatic hydroxyl groups is 1. The largest absolute Gasteiger partial charge is 0.481 e. The number of aliphatic carboxylic acids is 1. The minimum absolute atomic E-state index is 0.000819. The van der Waals surface area contributed by atoms with Crippen LogP contribution >= 0.6 is 0 Å². The Kier molecular flexibility index (Phi) is 13.6. The van der Waals surface area contributed by atoms with Gasteiger partial charge in [-0.15, -0.1) is 0 Å². The van der Waals surface area contributed by atoms with E-state index in [1.54, 1.807) is 6.08 Å². The second-order valence-corrected chi connectivity index (χ2v) is 6.38. The Hall–Kier alpha value is -1.75. The van der Waals surface area contributed by atoms with Crippen LogP contribution in [0, 0.1) is 11.8 Å². The summed E-state index contributed by atoms with van der Waals surface area (Å²) >= 11 is 0. The lowest BCUT2D eigenvalue weighted by atomic mass is 9.86. The van der Waals surface area contributed by atoms with Crippen molar-refractivity contribution in [1.82, 2.24) is 0 Å². The average molecular weight is 352 g/mol. The molecule has 0 saturated carbocycles. The summed E-state index contributed by atoms with van der Waals surface area (Å²) in [5.74, 6) is -2.02. The first-order chi connectivity index (χ1) is 11.9. The van der Waals surface area contributed by atoms with Crippen LogP contribution in [0.15, 0.2) is 24.3 Å². The van der Waals surface area contributed by atoms with Gasteiger partial charge in [-0.25, -0.2) is 0 Å². The summed E-state index contributed by atoms with van der Waals surface area (Å²) in [5, 5.41) is 18.4. The summed E-state index contributed by atoms with van der Waals surface area (Å²) in [6.07, 6.45) is 12.7. The molecule has 0 aliphatic rings. The molecular formula is C20H32O5. The molecule has 0 spiro atoms. The Morgan fingerprint density at radius 2 is 1.80 bits per heavy atom. The number of hydrogen-bond donors (Lipinski definition) is 2. The molecule has 2 N–H and O–H groups in total. The standard InChI is InChI=1S/C20H32O5/c1-3-4-5-6-7-8-10-17(15-21)19(16(2)22)14-13-18(23)11-9-12-20(24)25/h7-8,13-15,17-19,23H,3-6,9-12H2,1-2H3,(H,24,25)/b8-7-,14-13+/t17-,18-,19+/m1/s1. The summed E-state index contributed by atoms with van der Waals surface area (Å²) in [4.78, 5) is 33.7. The van der Waals surface area contributed by atoms with Gasteiger partial charge in [0.05, 0.1) is 6.10 Å². The zero-order valence-corrected chi connectivity index (χ0v) is 15.4. The van der Waals surface area contributed by atoms with Crippen molar-refractivity contribution in [3.63, 3.8) is 0 Å². The molecule has 0 unspecified atom stereocenters. The molecule has 0 aromatic rings. The van der Waals surface area contributed by atoms with Crippen LogP contribution in [-0.2, 0) is 14.4 Å². The third kappa shape index (κ3) is 12.3. The quantitative estimate of drug-likeness (QED) is 0.266. The first-order valence-electron chi connectivity index (χ1n) is 9.11. The van der Waals surface area contributed by atoms with Crippen molar-refractivity contribution in [2.45, 2.75) is 71.3 Å². The van der Waals surface area contributed by atoms with Crippen molar-refractivity contribution in [3.8, 4) is 0 Å². The topological polar surface area (TPSA) is 91.7 Å². The van der Waals surface area contributed by atoms with E-state index >= 15 is 0 Å². The third-order valence-corrected chi connectivity index (χ3v) is 4.09. The number of aldehydes is 1. The highest BCUT2D eigenvalue weighted by Crippen LogP contribution is 2.19. The van der Waals surface area contributed by atoms with Crippen molar-refractivity contribution >= 4 is 18.0 Å². The van der Waals surface area contributed by atoms with Crippen LogP contribution < -0.4 is 0 Å². The maximum absolute atomic E-state index is 11.8. The van der Waals surface area contributed by atoms with Gasteiger partial charge in [0.1, 0.15) is 12.1 Å². The number of unbranched alkanes of at least 4 members (excludes halogenated alkanes) is 3. The minimum Gasteiger partial charge on any atom is -0.481 e. The first kappa shape index (κ1) is 23.2. The molecule has 5 nitrogen and oxygen atoms in total. The van der Waals surface area contributed by atoms with Crippen LogP contribution in [0.25, 0.3) is 0 Å². The smallest absolute Gasteiger partial charge is 0.303 e. The summed E-state index contributed by atoms with van der Waals surface area (Å²) in [7, 11) is 0. The van der Waals surface area contributed by atoms with Crippen LogP contribution in [0.3, 0.4) is 0 Å². The number of carbonyl (C=O) groups excluding carboxylic acids is 2. The van der Waals surface area contributed by atoms with Gasteiger partial charge in [0.25, 0.3) is 0 Å². The van der Waals surface area contributed by atoms with E-state index in [1.807, 2.05) is 12.2 Å². The van der Waals surface area contributed by atoms with Crippen molar-refractivity contribution in [2.24, 2.45) is 11.8 Å². The van der Waals surface area contributed by atoms with Crippen LogP contribution in [0.4, 0.5) is 0 Å². The maximum Gasteiger partial charge on any atom is 0.303 e. The Morgan fingerprint density at radius 3 is 2.36 bits per heavy atom. The lowest BCUT2D eigenvalue weighted by molar-refractivity contribution is -0.137. The number of rotatable bonds is 15. The summed E-state index contributed by atoms with van der Waals surface area (Å²) < 4.78 is 0. The predicted molar refractivity (Wildman–Crippen MR) is 98.3 cm³/mol. The molecule has 0 amide bonds. The lowest BCUT2D eigenvalue weighted by Gasteiger charge is -2.16. The number of carboxylic acids is 1. The number of aliphatic hydroxyl groups excluding tert-OH is 1. The monoisotopic (exact) mass is 352 g/mol. The molecule has 142 valence electrons. The fourth-order valence-electron chi connectivity index (χ4n) is 2.56. The van der Waals surface area contributed by atoms with Crippen LogP contribution in [0.1, 0.15) is 65.2 Å². The second kappa shape index (κ2) is 14.6. The first-order valence-corrected chi connectivity index (χ1v) is 9.11. The highest BCUT2D eigenvalue weighted by Gasteiger charge is 2.22. The fourth-order valence-corrected chi connectivity index (χ4v) is 2.56. The van der Waals surface area contributed by atoms with E-state index in [9.17, 15) is 19.5 Å². The molecule has 0 radical (unpaired) electrons. The highest BCUT2D eigenvalue weighted by molar-refractivity contribution is 5.83. The minimum atomic E-state index is -0.899. The number of carbonyl (C=O) groups is 3. The highest BCUT2D eigenvalue weighted by atomic mass is 16.4. The zero-order chi connectivity index (χ0) is 19.1. The van der Waals surface area contributed by atoms with Crippen molar-refractivity contribution in [1.29, 1.82) is 0 Å². The van der Waals surface area contributed by atoms with Crippen LogP contribution in [-0.4, -0.2) is 34.4 Å². The predicted octanol–water partition coefficient (Wildman–Crippen LogP) is 3.71. The van der Waals surface area contributed by atoms with E-state index in [4.69, 9.17) is 5.11 Å². The van der Waals surface area contributed by atoms with Gasteiger partial charge in [-0.2, -0.15) is 0 Å². The van der Waals surface area contributed by atoms with Crippen LogP contribution in [0.5, 0.6) is 0 Å². The van der Waals surface area contributed by atoms with Gasteiger partial charge in [0.15, 0.2) is 0 Å². The van der Waals surface area contributed by atoms with E-state index in [2.05, 4.69) is 6.92 Å². The van der Waals surface area contributed by atoms with Gasteiger partial charge in [-0.3, -0.25) is 9.59 Å². The number of hydrogen-bond acceptors (Lipinski definition) is 4. The Labute approximate surface area is 150 Å². The van der Waals surface area contributed by atoms with Gasteiger partial charge in [0, 0.05) is 18.3 Å². The number of Topliss-reactive ketones (excluding diaryl/α,β-unsaturated/α-hetero) is 1. The van der Waals surface area contributed by atoms with E-state index in [-0.39, 0.29) is 12.2 Å². The van der Waals surface area contributed by atoms with Gasteiger partial charge in [0.2, 0.25) is 0 Å². The van der Waals surface area contributed by atoms with E-state index in [1.165, 1.54) is 19.4 Å². The van der Waals surface area contributed by atoms with Crippen molar-refractivity contribution in [2.75, 3.05) is 0 Å². The molecule has 0 bridgehead atoms. The van der Waals surface area contributed by atoms with Crippen LogP contribution in [0.2, 0.25) is 0 Å². The van der Waals surface area contributed by atoms with E-state index < -0.39 is 23.9 Å². The maximum atomic E-state index is 11.8. The van der Waals surface area contributed by atoms with Crippen molar-refractivity contribution < 1.29 is 24.6 Å². The molecule has 25 heavy (non-hydrogen) atoms. The lowest BCUT2D eigenvalue weighted by Crippen LogP contribution is -2.21. The molecule has 3 atom stereocenters. The van der Waals surface area contributed by atoms with Gasteiger partial charge in [-0.1, -0.05) is 44.1 Å². The molecule has 0 aromatic heterocycles. The Morgan fingerprint density at radius 1 is 1.08 bits per heavy atom.